The molecular weight excluding hydrogens is 230 g/mol. The van der Waals surface area contributed by atoms with Crippen LogP contribution in [0.1, 0.15) is 17.5 Å². The van der Waals surface area contributed by atoms with E-state index in [4.69, 9.17) is 10.4 Å². The molecule has 0 heterocycles. The van der Waals surface area contributed by atoms with Crippen LogP contribution in [0, 0.1) is 11.3 Å². The Balaban J connectivity index is 2.83. The number of rotatable bonds is 3. The maximum atomic E-state index is 8.93. The third kappa shape index (κ3) is 3.17. The van der Waals surface area contributed by atoms with Crippen molar-refractivity contribution in [3.63, 3.8) is 0 Å². The summed E-state index contributed by atoms with van der Waals surface area (Å²) >= 11 is 3.35. The number of aliphatic hydroxyl groups is 1. The molecule has 1 N–H and O–H groups in total. The highest BCUT2D eigenvalue weighted by Gasteiger charge is 1.98. The summed E-state index contributed by atoms with van der Waals surface area (Å²) in [5.41, 5.74) is 1.96. The molecule has 0 bridgehead atoms. The van der Waals surface area contributed by atoms with Crippen LogP contribution >= 0.6 is 15.9 Å². The lowest BCUT2D eigenvalue weighted by Crippen LogP contribution is -1.89. The van der Waals surface area contributed by atoms with Crippen molar-refractivity contribution in [1.29, 1.82) is 5.26 Å². The maximum absolute atomic E-state index is 8.93. The Bertz CT molecular complexity index is 330. The first kappa shape index (κ1) is 10.2. The molecule has 0 saturated carbocycles. The van der Waals surface area contributed by atoms with E-state index in [1.54, 1.807) is 0 Å². The van der Waals surface area contributed by atoms with Crippen molar-refractivity contribution >= 4 is 15.9 Å². The molecule has 0 spiro atoms. The van der Waals surface area contributed by atoms with Crippen LogP contribution in [-0.2, 0) is 13.0 Å². The fourth-order valence-electron chi connectivity index (χ4n) is 1.15. The lowest BCUT2D eigenvalue weighted by Gasteiger charge is -2.02. The molecule has 0 amide bonds. The zero-order valence-corrected chi connectivity index (χ0v) is 8.71. The van der Waals surface area contributed by atoms with Crippen LogP contribution in [0.3, 0.4) is 0 Å². The smallest absolute Gasteiger partial charge is 0.0682 e. The molecule has 0 aliphatic carbocycles. The van der Waals surface area contributed by atoms with Gasteiger partial charge in [-0.15, -0.1) is 0 Å². The van der Waals surface area contributed by atoms with Gasteiger partial charge in [-0.05, 0) is 29.7 Å². The van der Waals surface area contributed by atoms with E-state index in [0.29, 0.717) is 6.42 Å². The van der Waals surface area contributed by atoms with Gasteiger partial charge in [-0.1, -0.05) is 22.0 Å². The number of aliphatic hydroxyl groups excluding tert-OH is 1. The summed E-state index contributed by atoms with van der Waals surface area (Å²) in [6.45, 7) is 0.0407. The van der Waals surface area contributed by atoms with Gasteiger partial charge < -0.3 is 5.11 Å². The van der Waals surface area contributed by atoms with Crippen LogP contribution in [-0.4, -0.2) is 5.11 Å². The Labute approximate surface area is 85.9 Å². The van der Waals surface area contributed by atoms with Gasteiger partial charge in [-0.25, -0.2) is 0 Å². The third-order valence-corrected chi connectivity index (χ3v) is 2.18. The molecule has 0 aliphatic heterocycles. The van der Waals surface area contributed by atoms with Crippen molar-refractivity contribution in [3.8, 4) is 6.07 Å². The van der Waals surface area contributed by atoms with Crippen molar-refractivity contribution in [1.82, 2.24) is 0 Å². The zero-order chi connectivity index (χ0) is 9.68. The number of nitrogens with zero attached hydrogens (tertiary/aromatic N) is 1. The molecule has 2 nitrogen and oxygen atoms in total. The Morgan fingerprint density at radius 1 is 1.31 bits per heavy atom. The predicted molar refractivity (Wildman–Crippen MR) is 54.0 cm³/mol. The molecular formula is C10H10BrNO. The number of benzene rings is 1. The summed E-state index contributed by atoms with van der Waals surface area (Å²) in [4.78, 5) is 0. The van der Waals surface area contributed by atoms with Gasteiger partial charge in [-0.3, -0.25) is 0 Å². The van der Waals surface area contributed by atoms with Crippen molar-refractivity contribution in [2.75, 3.05) is 0 Å². The van der Waals surface area contributed by atoms with E-state index in [1.807, 2.05) is 18.2 Å². The normalized spacial score (nSPS) is 9.62. The highest BCUT2D eigenvalue weighted by atomic mass is 79.9. The standard InChI is InChI=1S/C10H10BrNO/c11-10-5-8(2-1-3-12)4-9(6-10)7-13/h4-6,13H,1-2,7H2. The van der Waals surface area contributed by atoms with Crippen molar-refractivity contribution in [2.24, 2.45) is 0 Å². The van der Waals surface area contributed by atoms with Crippen molar-refractivity contribution in [3.05, 3.63) is 33.8 Å². The lowest BCUT2D eigenvalue weighted by molar-refractivity contribution is 0.281. The van der Waals surface area contributed by atoms with Crippen LogP contribution in [0.2, 0.25) is 0 Å². The first-order valence-electron chi connectivity index (χ1n) is 4.02. The van der Waals surface area contributed by atoms with E-state index in [9.17, 15) is 0 Å². The fourth-order valence-corrected chi connectivity index (χ4v) is 1.74. The topological polar surface area (TPSA) is 44.0 Å². The number of halogens is 1. The fraction of sp³-hybridized carbons (Fsp3) is 0.300. The van der Waals surface area contributed by atoms with E-state index >= 15 is 0 Å². The zero-order valence-electron chi connectivity index (χ0n) is 7.13. The van der Waals surface area contributed by atoms with E-state index in [2.05, 4.69) is 22.0 Å². The number of hydrogen-bond donors (Lipinski definition) is 1. The molecule has 1 aromatic carbocycles. The van der Waals surface area contributed by atoms with Crippen LogP contribution in [0.25, 0.3) is 0 Å². The second kappa shape index (κ2) is 5.00. The average Bonchev–Trinajstić information content (AvgIpc) is 2.14. The van der Waals surface area contributed by atoms with Crippen LogP contribution in [0.4, 0.5) is 0 Å². The Kier molecular flexibility index (Phi) is 3.94. The summed E-state index contributed by atoms with van der Waals surface area (Å²) in [7, 11) is 0. The minimum atomic E-state index is 0.0407. The highest BCUT2D eigenvalue weighted by Crippen LogP contribution is 2.16. The SMILES string of the molecule is N#CCCc1cc(Br)cc(CO)c1. The summed E-state index contributed by atoms with van der Waals surface area (Å²) in [6.07, 6.45) is 1.25. The number of nitriles is 1. The van der Waals surface area contributed by atoms with Crippen molar-refractivity contribution in [2.45, 2.75) is 19.4 Å². The molecule has 0 radical (unpaired) electrons. The number of hydrogen-bond acceptors (Lipinski definition) is 2. The Morgan fingerprint density at radius 2 is 2.00 bits per heavy atom. The first-order chi connectivity index (χ1) is 6.26. The minimum Gasteiger partial charge on any atom is -0.392 e. The average molecular weight is 240 g/mol. The molecule has 0 aliphatic rings. The summed E-state index contributed by atoms with van der Waals surface area (Å²) in [6, 6.07) is 7.85. The van der Waals surface area contributed by atoms with E-state index < -0.39 is 0 Å². The van der Waals surface area contributed by atoms with Crippen LogP contribution in [0.15, 0.2) is 22.7 Å². The molecule has 13 heavy (non-hydrogen) atoms. The molecule has 0 aromatic heterocycles. The molecule has 0 saturated heterocycles. The second-order valence-corrected chi connectivity index (χ2v) is 3.70. The Morgan fingerprint density at radius 3 is 2.62 bits per heavy atom. The van der Waals surface area contributed by atoms with Gasteiger partial charge in [0.2, 0.25) is 0 Å². The Hall–Kier alpha value is -0.850. The molecule has 0 atom stereocenters. The largest absolute Gasteiger partial charge is 0.392 e. The van der Waals surface area contributed by atoms with Crippen LogP contribution < -0.4 is 0 Å². The first-order valence-corrected chi connectivity index (χ1v) is 4.81. The van der Waals surface area contributed by atoms with Crippen molar-refractivity contribution < 1.29 is 5.11 Å². The van der Waals surface area contributed by atoms with E-state index in [-0.39, 0.29) is 6.61 Å². The lowest BCUT2D eigenvalue weighted by atomic mass is 10.1. The van der Waals surface area contributed by atoms with Gasteiger partial charge >= 0.3 is 0 Å². The minimum absolute atomic E-state index is 0.0407. The van der Waals surface area contributed by atoms with E-state index in [0.717, 1.165) is 22.0 Å². The second-order valence-electron chi connectivity index (χ2n) is 2.78. The number of aryl methyl sites for hydroxylation is 1. The molecule has 1 aromatic rings. The van der Waals surface area contributed by atoms with Gasteiger partial charge in [0.1, 0.15) is 0 Å². The third-order valence-electron chi connectivity index (χ3n) is 1.73. The summed E-state index contributed by atoms with van der Waals surface area (Å²) in [5, 5.41) is 17.3. The van der Waals surface area contributed by atoms with Gasteiger partial charge in [0.25, 0.3) is 0 Å². The van der Waals surface area contributed by atoms with Gasteiger partial charge in [0.15, 0.2) is 0 Å². The molecule has 3 heteroatoms. The maximum Gasteiger partial charge on any atom is 0.0682 e. The predicted octanol–water partition coefficient (Wildman–Crippen LogP) is 2.40. The van der Waals surface area contributed by atoms with Gasteiger partial charge in [-0.2, -0.15) is 5.26 Å². The van der Waals surface area contributed by atoms with E-state index in [1.165, 1.54) is 0 Å². The highest BCUT2D eigenvalue weighted by molar-refractivity contribution is 9.10. The van der Waals surface area contributed by atoms with Crippen LogP contribution in [0.5, 0.6) is 0 Å². The molecule has 1 rings (SSSR count). The molecule has 0 fully saturated rings. The van der Waals surface area contributed by atoms with Gasteiger partial charge in [0.05, 0.1) is 12.7 Å². The quantitative estimate of drug-likeness (QED) is 0.881. The molecule has 0 unspecified atom stereocenters. The summed E-state index contributed by atoms with van der Waals surface area (Å²) in [5.74, 6) is 0. The van der Waals surface area contributed by atoms with Gasteiger partial charge in [0, 0.05) is 10.9 Å². The monoisotopic (exact) mass is 239 g/mol. The summed E-state index contributed by atoms with van der Waals surface area (Å²) < 4.78 is 0.951. The molecule has 68 valence electrons.